The first-order valence-corrected chi connectivity index (χ1v) is 8.18. The van der Waals surface area contributed by atoms with Crippen LogP contribution in [-0.2, 0) is 5.41 Å². The average molecular weight is 274 g/mol. The Labute approximate surface area is 124 Å². The molecule has 0 bridgehead atoms. The molecule has 2 nitrogen and oxygen atoms in total. The fourth-order valence-electron chi connectivity index (χ4n) is 3.43. The largest absolute Gasteiger partial charge is 0.317 e. The van der Waals surface area contributed by atoms with Crippen molar-refractivity contribution < 1.29 is 0 Å². The van der Waals surface area contributed by atoms with Crippen molar-refractivity contribution in [3.63, 3.8) is 0 Å². The summed E-state index contributed by atoms with van der Waals surface area (Å²) in [6.07, 6.45) is 3.75. The molecule has 1 aliphatic rings. The molecule has 0 unspecified atom stereocenters. The Bertz CT molecular complexity index is 380. The fraction of sp³-hybridized carbons (Fsp3) is 0.667. The van der Waals surface area contributed by atoms with Gasteiger partial charge in [-0.3, -0.25) is 0 Å². The van der Waals surface area contributed by atoms with E-state index in [-0.39, 0.29) is 0 Å². The molecule has 0 aromatic heterocycles. The van der Waals surface area contributed by atoms with Crippen molar-refractivity contribution in [3.8, 4) is 0 Å². The minimum atomic E-state index is 0.339. The van der Waals surface area contributed by atoms with Gasteiger partial charge >= 0.3 is 0 Å². The lowest BCUT2D eigenvalue weighted by Crippen LogP contribution is -2.49. The van der Waals surface area contributed by atoms with Crippen LogP contribution in [0.4, 0.5) is 0 Å². The first-order valence-electron chi connectivity index (χ1n) is 8.18. The molecule has 1 aromatic carbocycles. The summed E-state index contributed by atoms with van der Waals surface area (Å²) in [6.45, 7) is 11.6. The summed E-state index contributed by atoms with van der Waals surface area (Å²) < 4.78 is 0. The summed E-state index contributed by atoms with van der Waals surface area (Å²) in [7, 11) is 0. The van der Waals surface area contributed by atoms with Gasteiger partial charge in [0.2, 0.25) is 0 Å². The van der Waals surface area contributed by atoms with Crippen molar-refractivity contribution >= 4 is 0 Å². The van der Waals surface area contributed by atoms with Gasteiger partial charge in [-0.2, -0.15) is 0 Å². The molecule has 1 heterocycles. The van der Waals surface area contributed by atoms with Gasteiger partial charge in [0.15, 0.2) is 0 Å². The average Bonchev–Trinajstić information content (AvgIpc) is 2.48. The highest BCUT2D eigenvalue weighted by Crippen LogP contribution is 2.34. The first-order chi connectivity index (χ1) is 9.68. The first kappa shape index (κ1) is 15.5. The molecule has 1 saturated heterocycles. The number of hydrogen-bond donors (Lipinski definition) is 1. The minimum Gasteiger partial charge on any atom is -0.317 e. The Hall–Kier alpha value is -0.860. The fourth-order valence-corrected chi connectivity index (χ4v) is 3.43. The van der Waals surface area contributed by atoms with Crippen molar-refractivity contribution in [1.82, 2.24) is 10.2 Å². The summed E-state index contributed by atoms with van der Waals surface area (Å²) in [5.74, 6) is 0. The van der Waals surface area contributed by atoms with E-state index < -0.39 is 0 Å². The van der Waals surface area contributed by atoms with Gasteiger partial charge < -0.3 is 10.2 Å². The van der Waals surface area contributed by atoms with Gasteiger partial charge in [-0.15, -0.1) is 0 Å². The third kappa shape index (κ3) is 3.62. The van der Waals surface area contributed by atoms with Crippen LogP contribution in [0.3, 0.4) is 0 Å². The molecule has 1 fully saturated rings. The summed E-state index contributed by atoms with van der Waals surface area (Å²) in [6, 6.07) is 11.8. The van der Waals surface area contributed by atoms with Gasteiger partial charge in [0.1, 0.15) is 0 Å². The quantitative estimate of drug-likeness (QED) is 0.855. The maximum atomic E-state index is 3.53. The van der Waals surface area contributed by atoms with Crippen LogP contribution in [-0.4, -0.2) is 37.1 Å². The van der Waals surface area contributed by atoms with Crippen LogP contribution >= 0.6 is 0 Å². The second-order valence-electron chi connectivity index (χ2n) is 6.46. The second-order valence-corrected chi connectivity index (χ2v) is 6.46. The van der Waals surface area contributed by atoms with Crippen LogP contribution in [0.2, 0.25) is 0 Å². The highest BCUT2D eigenvalue weighted by molar-refractivity contribution is 5.27. The van der Waals surface area contributed by atoms with Crippen LogP contribution in [0.5, 0.6) is 0 Å². The Balaban J connectivity index is 2.23. The minimum absolute atomic E-state index is 0.339. The summed E-state index contributed by atoms with van der Waals surface area (Å²) in [5.41, 5.74) is 1.87. The van der Waals surface area contributed by atoms with Gasteiger partial charge in [0, 0.05) is 18.0 Å². The zero-order valence-corrected chi connectivity index (χ0v) is 13.4. The van der Waals surface area contributed by atoms with Gasteiger partial charge in [-0.1, -0.05) is 37.3 Å². The van der Waals surface area contributed by atoms with Crippen LogP contribution in [0, 0.1) is 0 Å². The number of rotatable bonds is 6. The highest BCUT2D eigenvalue weighted by Gasteiger charge is 2.35. The van der Waals surface area contributed by atoms with E-state index in [0.717, 1.165) is 13.1 Å². The lowest BCUT2D eigenvalue weighted by Gasteiger charge is -2.43. The molecule has 0 spiro atoms. The summed E-state index contributed by atoms with van der Waals surface area (Å²) in [4.78, 5) is 2.66. The second kappa shape index (κ2) is 7.24. The van der Waals surface area contributed by atoms with Crippen LogP contribution in [0.25, 0.3) is 0 Å². The zero-order chi connectivity index (χ0) is 14.4. The molecule has 2 heteroatoms. The van der Waals surface area contributed by atoms with Gasteiger partial charge in [0.05, 0.1) is 0 Å². The molecule has 2 rings (SSSR count). The molecule has 0 aliphatic carbocycles. The molecule has 0 atom stereocenters. The van der Waals surface area contributed by atoms with Gasteiger partial charge in [-0.05, 0) is 58.3 Å². The number of nitrogens with zero attached hydrogens (tertiary/aromatic N) is 1. The van der Waals surface area contributed by atoms with E-state index in [0.29, 0.717) is 11.5 Å². The van der Waals surface area contributed by atoms with E-state index in [4.69, 9.17) is 0 Å². The predicted octanol–water partition coefficient (Wildman–Crippen LogP) is 3.43. The predicted molar refractivity (Wildman–Crippen MR) is 87.2 cm³/mol. The van der Waals surface area contributed by atoms with E-state index in [9.17, 15) is 0 Å². The topological polar surface area (TPSA) is 15.3 Å². The molecule has 0 radical (unpaired) electrons. The third-order valence-electron chi connectivity index (χ3n) is 4.69. The van der Waals surface area contributed by atoms with Crippen LogP contribution in [0.15, 0.2) is 30.3 Å². The highest BCUT2D eigenvalue weighted by atomic mass is 15.2. The number of piperidine rings is 1. The van der Waals surface area contributed by atoms with Crippen molar-refractivity contribution in [2.75, 3.05) is 26.2 Å². The SMILES string of the molecule is CCCN(CC1(c2ccccc2)CCNCC1)C(C)C. The van der Waals surface area contributed by atoms with E-state index in [1.54, 1.807) is 0 Å². The van der Waals surface area contributed by atoms with Crippen LogP contribution < -0.4 is 5.32 Å². The van der Waals surface area contributed by atoms with Crippen molar-refractivity contribution in [2.24, 2.45) is 0 Å². The molecular weight excluding hydrogens is 244 g/mol. The van der Waals surface area contributed by atoms with Gasteiger partial charge in [-0.25, -0.2) is 0 Å². The van der Waals surface area contributed by atoms with Crippen LogP contribution in [0.1, 0.15) is 45.6 Å². The number of hydrogen-bond acceptors (Lipinski definition) is 2. The monoisotopic (exact) mass is 274 g/mol. The summed E-state index contributed by atoms with van der Waals surface area (Å²) in [5, 5.41) is 3.53. The molecule has 20 heavy (non-hydrogen) atoms. The Morgan fingerprint density at radius 3 is 2.35 bits per heavy atom. The molecule has 0 amide bonds. The molecular formula is C18H30N2. The van der Waals surface area contributed by atoms with Crippen molar-refractivity contribution in [3.05, 3.63) is 35.9 Å². The summed E-state index contributed by atoms with van der Waals surface area (Å²) >= 11 is 0. The van der Waals surface area contributed by atoms with E-state index >= 15 is 0 Å². The zero-order valence-electron chi connectivity index (χ0n) is 13.4. The molecule has 1 aromatic rings. The lowest BCUT2D eigenvalue weighted by molar-refractivity contribution is 0.144. The Morgan fingerprint density at radius 2 is 1.80 bits per heavy atom. The van der Waals surface area contributed by atoms with Crippen molar-refractivity contribution in [1.29, 1.82) is 0 Å². The lowest BCUT2D eigenvalue weighted by atomic mass is 9.72. The van der Waals surface area contributed by atoms with Gasteiger partial charge in [0.25, 0.3) is 0 Å². The third-order valence-corrected chi connectivity index (χ3v) is 4.69. The molecule has 0 saturated carbocycles. The molecule has 112 valence electrons. The Morgan fingerprint density at radius 1 is 1.15 bits per heavy atom. The molecule has 1 aliphatic heterocycles. The standard InChI is InChI=1S/C18H30N2/c1-4-14-20(16(2)3)15-18(10-12-19-13-11-18)17-8-6-5-7-9-17/h5-9,16,19H,4,10-15H2,1-3H3. The van der Waals surface area contributed by atoms with Crippen molar-refractivity contribution in [2.45, 2.75) is 51.5 Å². The Kier molecular flexibility index (Phi) is 5.62. The maximum absolute atomic E-state index is 3.53. The smallest absolute Gasteiger partial charge is 0.0104 e. The van der Waals surface area contributed by atoms with E-state index in [1.807, 2.05) is 0 Å². The van der Waals surface area contributed by atoms with E-state index in [2.05, 4.69) is 61.3 Å². The maximum Gasteiger partial charge on any atom is 0.0104 e. The normalized spacial score (nSPS) is 18.6. The molecule has 1 N–H and O–H groups in total. The van der Waals surface area contributed by atoms with E-state index in [1.165, 1.54) is 37.9 Å². The number of nitrogens with one attached hydrogen (secondary N) is 1. The number of benzene rings is 1.